The van der Waals surface area contributed by atoms with Crippen molar-refractivity contribution >= 4 is 35.3 Å². The predicted molar refractivity (Wildman–Crippen MR) is 84.4 cm³/mol. The molecule has 0 aliphatic carbocycles. The molecule has 0 aromatic heterocycles. The topological polar surface area (TPSA) is 27.7 Å². The first-order chi connectivity index (χ1) is 9.00. The van der Waals surface area contributed by atoms with Crippen LogP contribution < -0.4 is 0 Å². The molecule has 18 heavy (non-hydrogen) atoms. The van der Waals surface area contributed by atoms with Gasteiger partial charge in [-0.15, -0.1) is 0 Å². The summed E-state index contributed by atoms with van der Waals surface area (Å²) in [6.07, 6.45) is 0. The summed E-state index contributed by atoms with van der Waals surface area (Å²) in [6, 6.07) is 0. The molecule has 0 aromatic rings. The van der Waals surface area contributed by atoms with Crippen LogP contribution in [0.15, 0.2) is 0 Å². The van der Waals surface area contributed by atoms with Crippen LogP contribution in [0.2, 0.25) is 0 Å². The highest BCUT2D eigenvalue weighted by molar-refractivity contribution is 7.99. The maximum absolute atomic E-state index is 5.55. The van der Waals surface area contributed by atoms with Gasteiger partial charge in [-0.2, -0.15) is 35.3 Å². The fraction of sp³-hybridized carbons (Fsp3) is 1.00. The Balaban J connectivity index is 2.00. The van der Waals surface area contributed by atoms with Gasteiger partial charge in [0.25, 0.3) is 0 Å². The summed E-state index contributed by atoms with van der Waals surface area (Å²) in [4.78, 5) is 0. The van der Waals surface area contributed by atoms with Gasteiger partial charge in [0.15, 0.2) is 0 Å². The first-order valence-corrected chi connectivity index (χ1v) is 9.93. The van der Waals surface area contributed by atoms with Gasteiger partial charge in [0.1, 0.15) is 0 Å². The summed E-state index contributed by atoms with van der Waals surface area (Å²) in [5.74, 6) is 6.45. The molecule has 1 saturated heterocycles. The van der Waals surface area contributed by atoms with Crippen LogP contribution in [-0.4, -0.2) is 74.2 Å². The minimum absolute atomic E-state index is 0.859. The van der Waals surface area contributed by atoms with Crippen molar-refractivity contribution in [1.82, 2.24) is 0 Å². The van der Waals surface area contributed by atoms with E-state index in [1.54, 1.807) is 0 Å². The van der Waals surface area contributed by atoms with Gasteiger partial charge in [-0.3, -0.25) is 0 Å². The van der Waals surface area contributed by atoms with E-state index in [-0.39, 0.29) is 0 Å². The SMILES string of the molecule is C1CSCCOCCSCCOCCSCCO1. The van der Waals surface area contributed by atoms with Crippen molar-refractivity contribution in [3.63, 3.8) is 0 Å². The van der Waals surface area contributed by atoms with E-state index in [0.717, 1.165) is 74.2 Å². The standard InChI is InChI=1S/C12H24O3S3/c1-7-16-9-3-14-5-11-18-12-6-15-4-10-17-8-2-13-1/h1-12H2. The average Bonchev–Trinajstić information content (AvgIpc) is 2.39. The Morgan fingerprint density at radius 1 is 0.389 bits per heavy atom. The van der Waals surface area contributed by atoms with Crippen molar-refractivity contribution in [2.24, 2.45) is 0 Å². The van der Waals surface area contributed by atoms with E-state index in [4.69, 9.17) is 14.2 Å². The Hall–Kier alpha value is 0.930. The van der Waals surface area contributed by atoms with Gasteiger partial charge in [0.2, 0.25) is 0 Å². The second kappa shape index (κ2) is 14.3. The third kappa shape index (κ3) is 12.0. The van der Waals surface area contributed by atoms with Crippen LogP contribution in [-0.2, 0) is 14.2 Å². The normalized spacial score (nSPS) is 24.0. The molecule has 0 aromatic carbocycles. The van der Waals surface area contributed by atoms with E-state index >= 15 is 0 Å². The zero-order chi connectivity index (χ0) is 12.7. The van der Waals surface area contributed by atoms with Gasteiger partial charge in [0.05, 0.1) is 39.6 Å². The Kier molecular flexibility index (Phi) is 13.5. The summed E-state index contributed by atoms with van der Waals surface area (Å²) >= 11 is 5.74. The van der Waals surface area contributed by atoms with E-state index in [9.17, 15) is 0 Å². The maximum Gasteiger partial charge on any atom is 0.0557 e. The molecule has 0 atom stereocenters. The fourth-order valence-corrected chi connectivity index (χ4v) is 3.35. The zero-order valence-electron chi connectivity index (χ0n) is 10.9. The van der Waals surface area contributed by atoms with Crippen molar-refractivity contribution in [2.75, 3.05) is 74.2 Å². The zero-order valence-corrected chi connectivity index (χ0v) is 13.4. The molecule has 0 bridgehead atoms. The number of hydrogen-bond donors (Lipinski definition) is 0. The van der Waals surface area contributed by atoms with Crippen LogP contribution in [0.4, 0.5) is 0 Å². The summed E-state index contributed by atoms with van der Waals surface area (Å²) in [7, 11) is 0. The molecular weight excluding hydrogens is 288 g/mol. The predicted octanol–water partition coefficient (Wildman–Crippen LogP) is 2.25. The molecule has 0 unspecified atom stereocenters. The smallest absolute Gasteiger partial charge is 0.0557 e. The van der Waals surface area contributed by atoms with E-state index < -0.39 is 0 Å². The second-order valence-electron chi connectivity index (χ2n) is 3.67. The summed E-state index contributed by atoms with van der Waals surface area (Å²) in [5.41, 5.74) is 0. The third-order valence-electron chi connectivity index (χ3n) is 2.23. The van der Waals surface area contributed by atoms with Crippen LogP contribution in [0.3, 0.4) is 0 Å². The molecule has 1 aliphatic heterocycles. The van der Waals surface area contributed by atoms with Crippen LogP contribution in [0.1, 0.15) is 0 Å². The molecule has 1 rings (SSSR count). The molecule has 6 heteroatoms. The van der Waals surface area contributed by atoms with Gasteiger partial charge >= 0.3 is 0 Å². The fourth-order valence-electron chi connectivity index (χ4n) is 1.32. The van der Waals surface area contributed by atoms with Gasteiger partial charge < -0.3 is 14.2 Å². The highest BCUT2D eigenvalue weighted by Gasteiger charge is 1.96. The largest absolute Gasteiger partial charge is 0.380 e. The first kappa shape index (κ1) is 17.0. The molecule has 0 N–H and O–H groups in total. The quantitative estimate of drug-likeness (QED) is 0.681. The number of rotatable bonds is 0. The Labute approximate surface area is 123 Å². The van der Waals surface area contributed by atoms with Crippen molar-refractivity contribution in [3.05, 3.63) is 0 Å². The molecule has 3 nitrogen and oxygen atoms in total. The van der Waals surface area contributed by atoms with Crippen molar-refractivity contribution < 1.29 is 14.2 Å². The number of ether oxygens (including phenoxy) is 3. The second-order valence-corrected chi connectivity index (χ2v) is 7.35. The van der Waals surface area contributed by atoms with E-state index in [1.807, 2.05) is 35.3 Å². The molecule has 1 fully saturated rings. The monoisotopic (exact) mass is 312 g/mol. The lowest BCUT2D eigenvalue weighted by Gasteiger charge is -2.07. The lowest BCUT2D eigenvalue weighted by atomic mass is 10.8. The molecule has 0 spiro atoms. The number of thioether (sulfide) groups is 3. The van der Waals surface area contributed by atoms with Crippen molar-refractivity contribution in [1.29, 1.82) is 0 Å². The third-order valence-corrected chi connectivity index (χ3v) is 4.96. The van der Waals surface area contributed by atoms with Gasteiger partial charge in [-0.05, 0) is 0 Å². The first-order valence-electron chi connectivity index (χ1n) is 6.46. The molecule has 1 heterocycles. The highest BCUT2D eigenvalue weighted by atomic mass is 32.2. The van der Waals surface area contributed by atoms with Crippen LogP contribution in [0.5, 0.6) is 0 Å². The van der Waals surface area contributed by atoms with Gasteiger partial charge in [-0.1, -0.05) is 0 Å². The maximum atomic E-state index is 5.55. The van der Waals surface area contributed by atoms with Gasteiger partial charge in [-0.25, -0.2) is 0 Å². The molecule has 108 valence electrons. The van der Waals surface area contributed by atoms with E-state index in [0.29, 0.717) is 0 Å². The lowest BCUT2D eigenvalue weighted by molar-refractivity contribution is 0.161. The summed E-state index contributed by atoms with van der Waals surface area (Å²) in [5, 5.41) is 0. The minimum atomic E-state index is 0.859. The molecule has 0 amide bonds. The molecule has 0 radical (unpaired) electrons. The average molecular weight is 313 g/mol. The van der Waals surface area contributed by atoms with E-state index in [1.165, 1.54) is 0 Å². The Morgan fingerprint density at radius 2 is 0.611 bits per heavy atom. The van der Waals surface area contributed by atoms with Crippen LogP contribution >= 0.6 is 35.3 Å². The van der Waals surface area contributed by atoms with Crippen LogP contribution in [0.25, 0.3) is 0 Å². The summed E-state index contributed by atoms with van der Waals surface area (Å²) < 4.78 is 16.7. The van der Waals surface area contributed by atoms with E-state index in [2.05, 4.69) is 0 Å². The Bertz CT molecular complexity index is 97.6. The molecule has 1 aliphatic rings. The van der Waals surface area contributed by atoms with Crippen LogP contribution in [0, 0.1) is 0 Å². The molecule has 0 saturated carbocycles. The highest BCUT2D eigenvalue weighted by Crippen LogP contribution is 2.04. The van der Waals surface area contributed by atoms with Crippen molar-refractivity contribution in [3.8, 4) is 0 Å². The Morgan fingerprint density at radius 3 is 0.833 bits per heavy atom. The lowest BCUT2D eigenvalue weighted by Crippen LogP contribution is -2.08. The minimum Gasteiger partial charge on any atom is -0.380 e. The summed E-state index contributed by atoms with van der Waals surface area (Å²) in [6.45, 7) is 5.15. The van der Waals surface area contributed by atoms with Gasteiger partial charge in [0, 0.05) is 34.5 Å². The molecular formula is C12H24O3S3. The van der Waals surface area contributed by atoms with Crippen molar-refractivity contribution in [2.45, 2.75) is 0 Å². The number of hydrogen-bond acceptors (Lipinski definition) is 6.